The van der Waals surface area contributed by atoms with E-state index in [-0.39, 0.29) is 0 Å². The van der Waals surface area contributed by atoms with E-state index in [4.69, 9.17) is 0 Å². The number of unbranched alkanes of at least 4 members (excludes halogenated alkanes) is 6. The van der Waals surface area contributed by atoms with E-state index < -0.39 is 0 Å². The quantitative estimate of drug-likeness (QED) is 0.449. The summed E-state index contributed by atoms with van der Waals surface area (Å²) < 4.78 is 0. The molecule has 0 spiro atoms. The highest BCUT2D eigenvalue weighted by molar-refractivity contribution is 5.80. The Morgan fingerprint density at radius 1 is 0.842 bits per heavy atom. The van der Waals surface area contributed by atoms with E-state index in [0.29, 0.717) is 11.7 Å². The first-order valence-corrected chi connectivity index (χ1v) is 8.80. The van der Waals surface area contributed by atoms with Gasteiger partial charge in [0.25, 0.3) is 0 Å². The van der Waals surface area contributed by atoms with Crippen LogP contribution in [-0.4, -0.2) is 5.78 Å². The highest BCUT2D eigenvalue weighted by Gasteiger charge is 2.24. The smallest absolute Gasteiger partial charge is 0.135 e. The first-order valence-electron chi connectivity index (χ1n) is 8.80. The van der Waals surface area contributed by atoms with E-state index in [1.165, 1.54) is 70.6 Å². The summed E-state index contributed by atoms with van der Waals surface area (Å²) in [6, 6.07) is 0. The summed E-state index contributed by atoms with van der Waals surface area (Å²) in [5, 5.41) is 0. The average Bonchev–Trinajstić information content (AvgIpc) is 2.46. The molecule has 1 aliphatic carbocycles. The van der Waals surface area contributed by atoms with Crippen LogP contribution in [0.25, 0.3) is 0 Å². The van der Waals surface area contributed by atoms with Gasteiger partial charge in [-0.05, 0) is 38.0 Å². The molecule has 1 fully saturated rings. The minimum atomic E-state index is 0.419. The number of hydrogen-bond donors (Lipinski definition) is 0. The molecule has 1 rings (SSSR count). The maximum atomic E-state index is 12.1. The normalized spacial score (nSPS) is 23.5. The van der Waals surface area contributed by atoms with Crippen LogP contribution in [0.15, 0.2) is 0 Å². The van der Waals surface area contributed by atoms with Gasteiger partial charge in [-0.25, -0.2) is 0 Å². The van der Waals surface area contributed by atoms with Crippen molar-refractivity contribution < 1.29 is 4.79 Å². The van der Waals surface area contributed by atoms with Gasteiger partial charge in [-0.1, -0.05) is 58.8 Å². The van der Waals surface area contributed by atoms with Crippen molar-refractivity contribution in [2.75, 3.05) is 0 Å². The number of carbonyl (C=O) groups excluding carboxylic acids is 1. The van der Waals surface area contributed by atoms with Gasteiger partial charge in [0.2, 0.25) is 0 Å². The molecule has 0 unspecified atom stereocenters. The van der Waals surface area contributed by atoms with Crippen LogP contribution >= 0.6 is 0 Å². The molecule has 0 heterocycles. The molecular formula is C18H34O. The monoisotopic (exact) mass is 266 g/mol. The molecule has 0 amide bonds. The third-order valence-electron chi connectivity index (χ3n) is 4.91. The Bertz CT molecular complexity index is 226. The summed E-state index contributed by atoms with van der Waals surface area (Å²) in [6.07, 6.45) is 16.3. The molecule has 0 aromatic heterocycles. The Balaban J connectivity index is 1.99. The molecule has 0 aliphatic heterocycles. The summed E-state index contributed by atoms with van der Waals surface area (Å²) in [5.74, 6) is 1.90. The minimum absolute atomic E-state index is 0.419. The minimum Gasteiger partial charge on any atom is -0.299 e. The fourth-order valence-corrected chi connectivity index (χ4v) is 3.35. The van der Waals surface area contributed by atoms with E-state index in [1.807, 2.05) is 0 Å². The van der Waals surface area contributed by atoms with Gasteiger partial charge >= 0.3 is 0 Å². The van der Waals surface area contributed by atoms with Gasteiger partial charge < -0.3 is 0 Å². The van der Waals surface area contributed by atoms with Crippen molar-refractivity contribution in [3.63, 3.8) is 0 Å². The molecule has 19 heavy (non-hydrogen) atoms. The van der Waals surface area contributed by atoms with Crippen LogP contribution in [0.5, 0.6) is 0 Å². The SMILES string of the molecule is CCCCCCCCCC(=O)C1CCC(CC)CC1. The molecule has 1 nitrogen and oxygen atoms in total. The Labute approximate surface area is 120 Å². The summed E-state index contributed by atoms with van der Waals surface area (Å²) in [6.45, 7) is 4.54. The van der Waals surface area contributed by atoms with Crippen molar-refractivity contribution in [2.24, 2.45) is 11.8 Å². The summed E-state index contributed by atoms with van der Waals surface area (Å²) in [7, 11) is 0. The second-order valence-corrected chi connectivity index (χ2v) is 6.46. The first kappa shape index (κ1) is 16.7. The predicted octanol–water partition coefficient (Wildman–Crippen LogP) is 5.91. The lowest BCUT2D eigenvalue weighted by Gasteiger charge is -2.26. The van der Waals surface area contributed by atoms with Crippen LogP contribution in [0, 0.1) is 11.8 Å². The van der Waals surface area contributed by atoms with E-state index >= 15 is 0 Å². The second kappa shape index (κ2) is 10.5. The summed E-state index contributed by atoms with van der Waals surface area (Å²) in [5.41, 5.74) is 0. The van der Waals surface area contributed by atoms with Gasteiger partial charge in [-0.2, -0.15) is 0 Å². The van der Waals surface area contributed by atoms with E-state index in [0.717, 1.165) is 18.8 Å². The van der Waals surface area contributed by atoms with Gasteiger partial charge in [0.05, 0.1) is 0 Å². The van der Waals surface area contributed by atoms with Crippen LogP contribution in [0.1, 0.15) is 97.3 Å². The third kappa shape index (κ3) is 7.13. The van der Waals surface area contributed by atoms with Crippen molar-refractivity contribution in [1.29, 1.82) is 0 Å². The zero-order chi connectivity index (χ0) is 13.9. The maximum absolute atomic E-state index is 12.1. The third-order valence-corrected chi connectivity index (χ3v) is 4.91. The van der Waals surface area contributed by atoms with E-state index in [1.54, 1.807) is 0 Å². The van der Waals surface area contributed by atoms with Crippen molar-refractivity contribution >= 4 is 5.78 Å². The van der Waals surface area contributed by atoms with Crippen LogP contribution in [0.3, 0.4) is 0 Å². The number of ketones is 1. The zero-order valence-electron chi connectivity index (χ0n) is 13.3. The number of hydrogen-bond acceptors (Lipinski definition) is 1. The van der Waals surface area contributed by atoms with Crippen molar-refractivity contribution in [1.82, 2.24) is 0 Å². The molecule has 0 bridgehead atoms. The Hall–Kier alpha value is -0.330. The van der Waals surface area contributed by atoms with Crippen molar-refractivity contribution in [3.8, 4) is 0 Å². The van der Waals surface area contributed by atoms with Gasteiger partial charge in [-0.15, -0.1) is 0 Å². The molecule has 1 saturated carbocycles. The summed E-state index contributed by atoms with van der Waals surface area (Å²) in [4.78, 5) is 12.1. The molecule has 0 atom stereocenters. The van der Waals surface area contributed by atoms with Crippen molar-refractivity contribution in [2.45, 2.75) is 97.3 Å². The lowest BCUT2D eigenvalue weighted by Crippen LogP contribution is -2.21. The van der Waals surface area contributed by atoms with Gasteiger partial charge in [0.15, 0.2) is 0 Å². The fourth-order valence-electron chi connectivity index (χ4n) is 3.35. The Kier molecular flexibility index (Phi) is 9.20. The Morgan fingerprint density at radius 2 is 1.42 bits per heavy atom. The highest BCUT2D eigenvalue weighted by Crippen LogP contribution is 2.31. The second-order valence-electron chi connectivity index (χ2n) is 6.46. The molecule has 0 aromatic carbocycles. The van der Waals surface area contributed by atoms with Crippen LogP contribution in [-0.2, 0) is 4.79 Å². The average molecular weight is 266 g/mol. The molecule has 0 saturated heterocycles. The number of rotatable bonds is 10. The maximum Gasteiger partial charge on any atom is 0.135 e. The van der Waals surface area contributed by atoms with E-state index in [9.17, 15) is 4.79 Å². The molecule has 112 valence electrons. The van der Waals surface area contributed by atoms with Gasteiger partial charge in [0, 0.05) is 12.3 Å². The standard InChI is InChI=1S/C18H34O/c1-3-5-6-7-8-9-10-11-18(19)17-14-12-16(4-2)13-15-17/h16-17H,3-15H2,1-2H3. The van der Waals surface area contributed by atoms with Crippen molar-refractivity contribution in [3.05, 3.63) is 0 Å². The Morgan fingerprint density at radius 3 is 2.00 bits per heavy atom. The number of Topliss-reactive ketones (excluding diaryl/α,β-unsaturated/α-hetero) is 1. The van der Waals surface area contributed by atoms with Gasteiger partial charge in [0.1, 0.15) is 5.78 Å². The first-order chi connectivity index (χ1) is 9.27. The molecule has 0 N–H and O–H groups in total. The van der Waals surface area contributed by atoms with Crippen LogP contribution < -0.4 is 0 Å². The molecular weight excluding hydrogens is 232 g/mol. The van der Waals surface area contributed by atoms with Crippen LogP contribution in [0.4, 0.5) is 0 Å². The molecule has 0 aromatic rings. The topological polar surface area (TPSA) is 17.1 Å². The summed E-state index contributed by atoms with van der Waals surface area (Å²) >= 11 is 0. The van der Waals surface area contributed by atoms with Crippen LogP contribution in [0.2, 0.25) is 0 Å². The number of carbonyl (C=O) groups is 1. The lowest BCUT2D eigenvalue weighted by atomic mass is 9.78. The van der Waals surface area contributed by atoms with Gasteiger partial charge in [-0.3, -0.25) is 4.79 Å². The largest absolute Gasteiger partial charge is 0.299 e. The predicted molar refractivity (Wildman–Crippen MR) is 83.4 cm³/mol. The highest BCUT2D eigenvalue weighted by atomic mass is 16.1. The molecule has 1 heteroatoms. The fraction of sp³-hybridized carbons (Fsp3) is 0.944. The zero-order valence-corrected chi connectivity index (χ0v) is 13.3. The lowest BCUT2D eigenvalue weighted by molar-refractivity contribution is -0.124. The van der Waals surface area contributed by atoms with E-state index in [2.05, 4.69) is 13.8 Å². The molecule has 1 aliphatic rings. The molecule has 0 radical (unpaired) electrons.